The van der Waals surface area contributed by atoms with Crippen molar-refractivity contribution < 1.29 is 4.42 Å². The van der Waals surface area contributed by atoms with Gasteiger partial charge in [0.2, 0.25) is 0 Å². The molecule has 0 unspecified atom stereocenters. The van der Waals surface area contributed by atoms with Gasteiger partial charge in [-0.05, 0) is 88.1 Å². The molecule has 0 amide bonds. The Morgan fingerprint density at radius 1 is 0.403 bits per heavy atom. The summed E-state index contributed by atoms with van der Waals surface area (Å²) in [6, 6.07) is 79.3. The molecule has 290 valence electrons. The third-order valence-electron chi connectivity index (χ3n) is 12.6. The quantitative estimate of drug-likeness (QED) is 0.167. The van der Waals surface area contributed by atoms with Gasteiger partial charge in [-0.3, -0.25) is 0 Å². The van der Waals surface area contributed by atoms with Crippen molar-refractivity contribution in [3.63, 3.8) is 0 Å². The van der Waals surface area contributed by atoms with Crippen LogP contribution >= 0.6 is 11.3 Å². The molecule has 0 aliphatic carbocycles. The Kier molecular flexibility index (Phi) is 7.78. The Hall–Kier alpha value is -7.92. The number of rotatable bonds is 6. The lowest BCUT2D eigenvalue weighted by molar-refractivity contribution is 0.669. The van der Waals surface area contributed by atoms with Crippen molar-refractivity contribution in [3.8, 4) is 27.9 Å². The number of furan rings is 1. The summed E-state index contributed by atoms with van der Waals surface area (Å²) in [5.74, 6) is 0. The maximum atomic E-state index is 6.76. The van der Waals surface area contributed by atoms with E-state index in [1.54, 1.807) is 0 Å². The van der Waals surface area contributed by atoms with Crippen molar-refractivity contribution in [1.82, 2.24) is 4.57 Å². The maximum absolute atomic E-state index is 6.76. The van der Waals surface area contributed by atoms with Crippen LogP contribution in [-0.2, 0) is 0 Å². The van der Waals surface area contributed by atoms with E-state index in [4.69, 9.17) is 4.42 Å². The van der Waals surface area contributed by atoms with Crippen LogP contribution in [0.2, 0.25) is 0 Å². The second-order valence-corrected chi connectivity index (χ2v) is 17.1. The monoisotopic (exact) mass is 808 g/mol. The molecule has 3 heterocycles. The minimum absolute atomic E-state index is 0.861. The molecule has 0 spiro atoms. The van der Waals surface area contributed by atoms with E-state index < -0.39 is 0 Å². The van der Waals surface area contributed by atoms with Gasteiger partial charge in [0, 0.05) is 58.7 Å². The van der Waals surface area contributed by atoms with Gasteiger partial charge in [-0.2, -0.15) is 0 Å². The maximum Gasteiger partial charge on any atom is 0.159 e. The predicted octanol–water partition coefficient (Wildman–Crippen LogP) is 17.0. The van der Waals surface area contributed by atoms with Gasteiger partial charge in [0.05, 0.1) is 22.4 Å². The molecule has 0 radical (unpaired) electrons. The lowest BCUT2D eigenvalue weighted by atomic mass is 9.92. The molecule has 0 saturated heterocycles. The smallest absolute Gasteiger partial charge is 0.159 e. The molecule has 0 atom stereocenters. The molecule has 0 aliphatic rings. The van der Waals surface area contributed by atoms with E-state index >= 15 is 0 Å². The number of aromatic nitrogens is 1. The largest absolute Gasteiger partial charge is 0.454 e. The Balaban J connectivity index is 1.07. The summed E-state index contributed by atoms with van der Waals surface area (Å²) in [4.78, 5) is 2.38. The van der Waals surface area contributed by atoms with Crippen molar-refractivity contribution in [2.45, 2.75) is 0 Å². The molecule has 0 saturated carbocycles. The van der Waals surface area contributed by atoms with E-state index in [0.717, 1.165) is 66.9 Å². The summed E-state index contributed by atoms with van der Waals surface area (Å²) in [7, 11) is 0. The summed E-state index contributed by atoms with van der Waals surface area (Å²) < 4.78 is 11.8. The van der Waals surface area contributed by atoms with Crippen molar-refractivity contribution in [2.24, 2.45) is 0 Å². The van der Waals surface area contributed by atoms with Gasteiger partial charge >= 0.3 is 0 Å². The summed E-state index contributed by atoms with van der Waals surface area (Å²) >= 11 is 1.84. The minimum atomic E-state index is 0.861. The Morgan fingerprint density at radius 3 is 2.02 bits per heavy atom. The molecule has 0 bridgehead atoms. The number of fused-ring (bicyclic) bond motifs is 11. The number of thiophene rings is 1. The van der Waals surface area contributed by atoms with Gasteiger partial charge in [0.1, 0.15) is 5.58 Å². The first-order chi connectivity index (χ1) is 30.8. The molecule has 3 nitrogen and oxygen atoms in total. The average molecular weight is 809 g/mol. The van der Waals surface area contributed by atoms with Crippen LogP contribution < -0.4 is 4.90 Å². The number of anilines is 3. The predicted molar refractivity (Wildman–Crippen MR) is 264 cm³/mol. The summed E-state index contributed by atoms with van der Waals surface area (Å²) in [5.41, 5.74) is 13.0. The molecule has 62 heavy (non-hydrogen) atoms. The third-order valence-corrected chi connectivity index (χ3v) is 13.7. The molecule has 3 aromatic heterocycles. The Morgan fingerprint density at radius 2 is 1.10 bits per heavy atom. The van der Waals surface area contributed by atoms with Crippen LogP contribution in [0.25, 0.3) is 103 Å². The second kappa shape index (κ2) is 13.8. The highest BCUT2D eigenvalue weighted by Crippen LogP contribution is 2.48. The zero-order valence-corrected chi connectivity index (χ0v) is 34.3. The third kappa shape index (κ3) is 5.30. The van der Waals surface area contributed by atoms with Crippen molar-refractivity contribution >= 4 is 103 Å². The first-order valence-corrected chi connectivity index (χ1v) is 21.9. The van der Waals surface area contributed by atoms with Gasteiger partial charge in [-0.15, -0.1) is 11.3 Å². The lowest BCUT2D eigenvalue weighted by Gasteiger charge is -2.27. The highest BCUT2D eigenvalue weighted by Gasteiger charge is 2.24. The highest BCUT2D eigenvalue weighted by atomic mass is 32.1. The van der Waals surface area contributed by atoms with Crippen molar-refractivity contribution in [1.29, 1.82) is 0 Å². The first kappa shape index (κ1) is 34.9. The van der Waals surface area contributed by atoms with E-state index in [9.17, 15) is 0 Å². The number of para-hydroxylation sites is 4. The standard InChI is InChI=1S/C58H36N2OS/c1-2-15-37(16-3-1)49-35-39(30-32-42(49)43-19-6-10-24-50(43)60-51-25-11-7-22-48(51)57-41-18-5-4-17-38(41)29-34-52(57)60)59(40-31-33-46-45-21-9-13-28-55(45)62-56(46)36-40)53-26-14-23-47-44-20-8-12-27-54(44)61-58(47)53/h1-36H. The van der Waals surface area contributed by atoms with Crippen LogP contribution in [0.5, 0.6) is 0 Å². The summed E-state index contributed by atoms with van der Waals surface area (Å²) in [6.45, 7) is 0. The minimum Gasteiger partial charge on any atom is -0.454 e. The van der Waals surface area contributed by atoms with E-state index in [1.807, 2.05) is 17.4 Å². The summed E-state index contributed by atoms with van der Waals surface area (Å²) in [6.07, 6.45) is 0. The molecule has 0 aliphatic heterocycles. The lowest BCUT2D eigenvalue weighted by Crippen LogP contribution is -2.10. The van der Waals surface area contributed by atoms with Crippen LogP contribution in [0.1, 0.15) is 0 Å². The van der Waals surface area contributed by atoms with Crippen LogP contribution in [0.4, 0.5) is 17.1 Å². The number of hydrogen-bond donors (Lipinski definition) is 0. The Bertz CT molecular complexity index is 3890. The number of benzene rings is 10. The van der Waals surface area contributed by atoms with Gasteiger partial charge in [0.25, 0.3) is 0 Å². The molecule has 13 aromatic rings. The van der Waals surface area contributed by atoms with Gasteiger partial charge in [0.15, 0.2) is 5.58 Å². The van der Waals surface area contributed by atoms with Crippen molar-refractivity contribution in [3.05, 3.63) is 218 Å². The SMILES string of the molecule is c1ccc(-c2cc(N(c3ccc4c(c3)sc3ccccc34)c3cccc4c3oc3ccccc34)ccc2-c2ccccc2-n2c3ccccc3c3c4ccccc4ccc32)cc1. The molecule has 10 aromatic carbocycles. The normalized spacial score (nSPS) is 11.9. The molecule has 0 N–H and O–H groups in total. The van der Waals surface area contributed by atoms with E-state index in [0.29, 0.717) is 0 Å². The topological polar surface area (TPSA) is 21.3 Å². The molecule has 13 rings (SSSR count). The fourth-order valence-electron chi connectivity index (χ4n) is 9.85. The van der Waals surface area contributed by atoms with Crippen LogP contribution in [0.3, 0.4) is 0 Å². The van der Waals surface area contributed by atoms with Gasteiger partial charge in [-0.25, -0.2) is 0 Å². The zero-order valence-electron chi connectivity index (χ0n) is 33.5. The average Bonchev–Trinajstić information content (AvgIpc) is 4.02. The van der Waals surface area contributed by atoms with Gasteiger partial charge < -0.3 is 13.9 Å². The van der Waals surface area contributed by atoms with Crippen LogP contribution in [0.15, 0.2) is 223 Å². The number of hydrogen-bond acceptors (Lipinski definition) is 3. The molecular weight excluding hydrogens is 773 g/mol. The summed E-state index contributed by atoms with van der Waals surface area (Å²) in [5, 5.41) is 9.80. The zero-order chi connectivity index (χ0) is 40.7. The fraction of sp³-hybridized carbons (Fsp3) is 0. The van der Waals surface area contributed by atoms with E-state index in [1.165, 1.54) is 52.8 Å². The van der Waals surface area contributed by atoms with Crippen molar-refractivity contribution in [2.75, 3.05) is 4.90 Å². The second-order valence-electron chi connectivity index (χ2n) is 16.0. The molecule has 0 fully saturated rings. The highest BCUT2D eigenvalue weighted by molar-refractivity contribution is 7.25. The van der Waals surface area contributed by atoms with Crippen LogP contribution in [0, 0.1) is 0 Å². The molecule has 4 heteroatoms. The number of nitrogens with zero attached hydrogens (tertiary/aromatic N) is 2. The van der Waals surface area contributed by atoms with E-state index in [-0.39, 0.29) is 0 Å². The van der Waals surface area contributed by atoms with Crippen LogP contribution in [-0.4, -0.2) is 4.57 Å². The Labute approximate surface area is 361 Å². The fourth-order valence-corrected chi connectivity index (χ4v) is 11.0. The first-order valence-electron chi connectivity index (χ1n) is 21.1. The van der Waals surface area contributed by atoms with E-state index in [2.05, 4.69) is 222 Å². The molecular formula is C58H36N2OS. The van der Waals surface area contributed by atoms with Gasteiger partial charge in [-0.1, -0.05) is 158 Å².